The van der Waals surface area contributed by atoms with E-state index in [4.69, 9.17) is 21.1 Å². The monoisotopic (exact) mass is 467 g/mol. The van der Waals surface area contributed by atoms with E-state index in [1.54, 1.807) is 18.2 Å². The highest BCUT2D eigenvalue weighted by Crippen LogP contribution is 2.33. The van der Waals surface area contributed by atoms with Crippen molar-refractivity contribution in [1.29, 1.82) is 0 Å². The molecule has 1 aliphatic heterocycles. The molecule has 170 valence electrons. The molecule has 0 bridgehead atoms. The minimum Gasteiger partial charge on any atom is -0.492 e. The Bertz CT molecular complexity index is 1240. The van der Waals surface area contributed by atoms with Gasteiger partial charge in [-0.3, -0.25) is 4.90 Å². The van der Waals surface area contributed by atoms with Gasteiger partial charge in [0, 0.05) is 25.2 Å². The number of nitrogens with zero attached hydrogens (tertiary/aromatic N) is 3. The highest BCUT2D eigenvalue weighted by atomic mass is 35.5. The van der Waals surface area contributed by atoms with E-state index in [0.717, 1.165) is 44.2 Å². The molecular formula is C24H23ClFN5O2. The Balaban J connectivity index is 1.32. The summed E-state index contributed by atoms with van der Waals surface area (Å²) < 4.78 is 25.4. The number of aromatic amines is 1. The molecule has 4 aromatic rings. The van der Waals surface area contributed by atoms with Gasteiger partial charge in [-0.15, -0.1) is 0 Å². The minimum atomic E-state index is -0.376. The lowest BCUT2D eigenvalue weighted by Gasteiger charge is -2.26. The summed E-state index contributed by atoms with van der Waals surface area (Å²) >= 11 is 6.36. The number of rotatable bonds is 7. The largest absolute Gasteiger partial charge is 0.492 e. The van der Waals surface area contributed by atoms with Crippen molar-refractivity contribution in [2.24, 2.45) is 0 Å². The summed E-state index contributed by atoms with van der Waals surface area (Å²) in [5.74, 6) is 1.06. The lowest BCUT2D eigenvalue weighted by atomic mass is 10.2. The molecular weight excluding hydrogens is 445 g/mol. The molecule has 5 rings (SSSR count). The molecule has 7 nitrogen and oxygen atoms in total. The van der Waals surface area contributed by atoms with Gasteiger partial charge in [0.2, 0.25) is 0 Å². The first-order chi connectivity index (χ1) is 16.2. The fraction of sp³-hybridized carbons (Fsp3) is 0.250. The van der Waals surface area contributed by atoms with Crippen LogP contribution in [0.2, 0.25) is 5.02 Å². The van der Waals surface area contributed by atoms with Crippen LogP contribution in [0, 0.1) is 5.82 Å². The molecule has 0 spiro atoms. The fourth-order valence-electron chi connectivity index (χ4n) is 3.71. The second kappa shape index (κ2) is 9.74. The molecule has 2 N–H and O–H groups in total. The van der Waals surface area contributed by atoms with E-state index in [-0.39, 0.29) is 5.82 Å². The number of hydrogen-bond acceptors (Lipinski definition) is 6. The van der Waals surface area contributed by atoms with E-state index in [1.165, 1.54) is 12.3 Å². The molecule has 2 aromatic heterocycles. The summed E-state index contributed by atoms with van der Waals surface area (Å²) in [4.78, 5) is 14.6. The summed E-state index contributed by atoms with van der Waals surface area (Å²) in [5, 5.41) is 3.40. The fourth-order valence-corrected chi connectivity index (χ4v) is 3.90. The van der Waals surface area contributed by atoms with Crippen molar-refractivity contribution in [3.8, 4) is 17.1 Å². The molecule has 1 aliphatic rings. The zero-order chi connectivity index (χ0) is 22.6. The molecule has 9 heteroatoms. The molecule has 0 saturated carbocycles. The zero-order valence-electron chi connectivity index (χ0n) is 17.9. The first-order valence-electron chi connectivity index (χ1n) is 10.8. The van der Waals surface area contributed by atoms with Crippen LogP contribution in [0.5, 0.6) is 5.75 Å². The van der Waals surface area contributed by atoms with Crippen molar-refractivity contribution in [2.45, 2.75) is 0 Å². The SMILES string of the molecule is Fc1ccccc1Nc1c(Cl)cnc2[nH]c(-c3ccc(OCCN4CCOCC4)cc3)nc12. The van der Waals surface area contributed by atoms with Gasteiger partial charge in [-0.1, -0.05) is 23.7 Å². The van der Waals surface area contributed by atoms with Gasteiger partial charge in [-0.05, 0) is 36.4 Å². The average Bonchev–Trinajstić information content (AvgIpc) is 3.28. The predicted octanol–water partition coefficient (Wildman–Crippen LogP) is 4.87. The molecule has 33 heavy (non-hydrogen) atoms. The third kappa shape index (κ3) is 4.93. The topological polar surface area (TPSA) is 75.3 Å². The first-order valence-corrected chi connectivity index (χ1v) is 11.1. The smallest absolute Gasteiger partial charge is 0.159 e. The number of aromatic nitrogens is 3. The molecule has 1 saturated heterocycles. The van der Waals surface area contributed by atoms with Gasteiger partial charge in [0.05, 0.1) is 35.8 Å². The van der Waals surface area contributed by atoms with E-state index >= 15 is 0 Å². The summed E-state index contributed by atoms with van der Waals surface area (Å²) in [6.07, 6.45) is 1.51. The second-order valence-corrected chi connectivity index (χ2v) is 8.10. The molecule has 3 heterocycles. The summed E-state index contributed by atoms with van der Waals surface area (Å²) in [6, 6.07) is 14.1. The number of morpholine rings is 1. The van der Waals surface area contributed by atoms with Crippen LogP contribution in [0.3, 0.4) is 0 Å². The number of para-hydroxylation sites is 1. The van der Waals surface area contributed by atoms with Crippen molar-refractivity contribution in [3.05, 3.63) is 65.6 Å². The van der Waals surface area contributed by atoms with Gasteiger partial charge in [0.1, 0.15) is 29.5 Å². The van der Waals surface area contributed by atoms with E-state index in [9.17, 15) is 4.39 Å². The van der Waals surface area contributed by atoms with E-state index in [1.807, 2.05) is 24.3 Å². The van der Waals surface area contributed by atoms with Crippen LogP contribution in [0.25, 0.3) is 22.6 Å². The third-order valence-corrected chi connectivity index (χ3v) is 5.80. The lowest BCUT2D eigenvalue weighted by molar-refractivity contribution is 0.0322. The van der Waals surface area contributed by atoms with Gasteiger partial charge in [-0.2, -0.15) is 0 Å². The number of ether oxygens (including phenoxy) is 2. The number of halogens is 2. The maximum Gasteiger partial charge on any atom is 0.159 e. The molecule has 0 radical (unpaired) electrons. The summed E-state index contributed by atoms with van der Waals surface area (Å²) in [7, 11) is 0. The summed E-state index contributed by atoms with van der Waals surface area (Å²) in [5.41, 5.74) is 2.78. The van der Waals surface area contributed by atoms with Crippen LogP contribution in [0.4, 0.5) is 15.8 Å². The Kier molecular flexibility index (Phi) is 6.39. The second-order valence-electron chi connectivity index (χ2n) is 7.70. The number of pyridine rings is 1. The van der Waals surface area contributed by atoms with Gasteiger partial charge >= 0.3 is 0 Å². The zero-order valence-corrected chi connectivity index (χ0v) is 18.6. The van der Waals surface area contributed by atoms with Gasteiger partial charge in [0.15, 0.2) is 5.65 Å². The Morgan fingerprint density at radius 2 is 1.91 bits per heavy atom. The normalized spacial score (nSPS) is 14.5. The van der Waals surface area contributed by atoms with Gasteiger partial charge in [-0.25, -0.2) is 14.4 Å². The Hall–Kier alpha value is -3.20. The number of fused-ring (bicyclic) bond motifs is 1. The minimum absolute atomic E-state index is 0.315. The first kappa shape index (κ1) is 21.6. The Morgan fingerprint density at radius 3 is 2.70 bits per heavy atom. The van der Waals surface area contributed by atoms with Crippen molar-refractivity contribution in [2.75, 3.05) is 44.8 Å². The number of anilines is 2. The predicted molar refractivity (Wildman–Crippen MR) is 127 cm³/mol. The van der Waals surface area contributed by atoms with Crippen molar-refractivity contribution in [3.63, 3.8) is 0 Å². The number of hydrogen-bond donors (Lipinski definition) is 2. The highest BCUT2D eigenvalue weighted by molar-refractivity contribution is 6.34. The molecule has 2 aromatic carbocycles. The number of H-pyrrole nitrogens is 1. The number of nitrogens with one attached hydrogen (secondary N) is 2. The van der Waals surface area contributed by atoms with Crippen LogP contribution >= 0.6 is 11.6 Å². The van der Waals surface area contributed by atoms with Crippen LogP contribution in [-0.4, -0.2) is 59.3 Å². The summed E-state index contributed by atoms with van der Waals surface area (Å²) in [6.45, 7) is 4.95. The standard InChI is InChI=1S/C24H23ClFN5O2/c25-18-15-27-24-22(21(18)28-20-4-2-1-3-19(20)26)29-23(30-24)16-5-7-17(8-6-16)33-14-11-31-9-12-32-13-10-31/h1-8,15H,9-14H2,(H2,27,28,29,30). The molecule has 0 unspecified atom stereocenters. The van der Waals surface area contributed by atoms with Gasteiger partial charge in [0.25, 0.3) is 0 Å². The average molecular weight is 468 g/mol. The molecule has 0 aliphatic carbocycles. The van der Waals surface area contributed by atoms with E-state index < -0.39 is 0 Å². The lowest BCUT2D eigenvalue weighted by Crippen LogP contribution is -2.38. The highest BCUT2D eigenvalue weighted by Gasteiger charge is 2.15. The van der Waals surface area contributed by atoms with Crippen molar-refractivity contribution >= 4 is 34.1 Å². The quantitative estimate of drug-likeness (QED) is 0.404. The molecule has 0 amide bonds. The maximum absolute atomic E-state index is 14.1. The van der Waals surface area contributed by atoms with E-state index in [2.05, 4.69) is 25.2 Å². The maximum atomic E-state index is 14.1. The number of benzene rings is 2. The van der Waals surface area contributed by atoms with Crippen LogP contribution in [0.15, 0.2) is 54.7 Å². The van der Waals surface area contributed by atoms with Crippen LogP contribution in [-0.2, 0) is 4.74 Å². The number of imidazole rings is 1. The van der Waals surface area contributed by atoms with Crippen LogP contribution in [0.1, 0.15) is 0 Å². The van der Waals surface area contributed by atoms with Crippen molar-refractivity contribution < 1.29 is 13.9 Å². The molecule has 0 atom stereocenters. The van der Waals surface area contributed by atoms with Gasteiger partial charge < -0.3 is 19.8 Å². The van der Waals surface area contributed by atoms with Crippen LogP contribution < -0.4 is 10.1 Å². The van der Waals surface area contributed by atoms with E-state index in [0.29, 0.717) is 40.0 Å². The third-order valence-electron chi connectivity index (χ3n) is 5.51. The Labute approximate surface area is 195 Å². The van der Waals surface area contributed by atoms with Crippen molar-refractivity contribution in [1.82, 2.24) is 19.9 Å². The Morgan fingerprint density at radius 1 is 1.12 bits per heavy atom. The molecule has 1 fully saturated rings.